The molecule has 0 N–H and O–H groups in total. The Morgan fingerprint density at radius 2 is 1.59 bits per heavy atom. The number of ether oxygens (including phenoxy) is 1. The van der Waals surface area contributed by atoms with E-state index in [0.29, 0.717) is 0 Å². The van der Waals surface area contributed by atoms with Crippen LogP contribution in [-0.4, -0.2) is 20.7 Å². The van der Waals surface area contributed by atoms with E-state index in [4.69, 9.17) is 11.2 Å². The number of fused-ring (bicyclic) bond motifs is 3. The predicted molar refractivity (Wildman–Crippen MR) is 88.6 cm³/mol. The van der Waals surface area contributed by atoms with Crippen molar-refractivity contribution in [2.75, 3.05) is 0 Å². The third-order valence-electron chi connectivity index (χ3n) is 3.96. The molecule has 0 heterocycles. The summed E-state index contributed by atoms with van der Waals surface area (Å²) >= 11 is 0. The minimum Gasteiger partial charge on any atom is -0.443 e. The van der Waals surface area contributed by atoms with Crippen LogP contribution in [0.3, 0.4) is 0 Å². The van der Waals surface area contributed by atoms with E-state index in [0.717, 1.165) is 24.3 Å². The van der Waals surface area contributed by atoms with Crippen molar-refractivity contribution in [1.29, 1.82) is 0 Å². The maximum Gasteiger partial charge on any atom is 0.385 e. The maximum atomic E-state index is 11.6. The molecule has 1 atom stereocenters. The van der Waals surface area contributed by atoms with Gasteiger partial charge in [-0.05, 0) is 11.6 Å². The summed E-state index contributed by atoms with van der Waals surface area (Å²) in [7, 11) is 0. The van der Waals surface area contributed by atoms with E-state index in [1.54, 1.807) is 5.92 Å². The van der Waals surface area contributed by atoms with Crippen LogP contribution in [0.15, 0.2) is 30.3 Å². The summed E-state index contributed by atoms with van der Waals surface area (Å²) in [5.74, 6) is 0.577. The number of benzene rings is 2. The van der Waals surface area contributed by atoms with Crippen LogP contribution in [0.5, 0.6) is 0 Å². The lowest BCUT2D eigenvalue weighted by molar-refractivity contribution is -0.393. The minimum absolute atomic E-state index is 0.0229. The SMILES string of the molecule is C#CC(=O)OC1c2cc([N+](=O)[O-])ccc2-c2c1cc([N+](=O)[O-])cc2[N+](=O)[O-]. The smallest absolute Gasteiger partial charge is 0.385 e. The first-order chi connectivity index (χ1) is 12.7. The summed E-state index contributed by atoms with van der Waals surface area (Å²) in [4.78, 5) is 42.9. The zero-order valence-electron chi connectivity index (χ0n) is 13.1. The fourth-order valence-electron chi connectivity index (χ4n) is 2.93. The molecule has 1 aliphatic rings. The Morgan fingerprint density at radius 3 is 2.15 bits per heavy atom. The lowest BCUT2D eigenvalue weighted by atomic mass is 10.0. The Bertz CT molecular complexity index is 1090. The van der Waals surface area contributed by atoms with Crippen molar-refractivity contribution in [3.05, 3.63) is 71.8 Å². The van der Waals surface area contributed by atoms with Gasteiger partial charge in [-0.2, -0.15) is 0 Å². The highest BCUT2D eigenvalue weighted by Crippen LogP contribution is 2.51. The van der Waals surface area contributed by atoms with Gasteiger partial charge in [-0.25, -0.2) is 4.79 Å². The molecule has 0 saturated carbocycles. The van der Waals surface area contributed by atoms with Crippen molar-refractivity contribution in [1.82, 2.24) is 0 Å². The quantitative estimate of drug-likeness (QED) is 0.262. The number of esters is 1. The standard InChI is InChI=1S/C16H7N3O8/c1-2-14(20)27-16-11-5-8(17(21)22)3-4-10(11)15-12(16)6-9(18(23)24)7-13(15)19(25)26/h1,3-7,16H. The zero-order chi connectivity index (χ0) is 19.9. The van der Waals surface area contributed by atoms with E-state index in [2.05, 4.69) is 0 Å². The summed E-state index contributed by atoms with van der Waals surface area (Å²) in [5, 5.41) is 33.6. The number of hydrogen-bond acceptors (Lipinski definition) is 8. The summed E-state index contributed by atoms with van der Waals surface area (Å²) in [6.07, 6.45) is 3.63. The number of hydrogen-bond donors (Lipinski definition) is 0. The molecule has 2 aromatic rings. The number of nitro benzene ring substituents is 3. The first-order valence-electron chi connectivity index (χ1n) is 7.17. The Labute approximate surface area is 149 Å². The average molecular weight is 369 g/mol. The van der Waals surface area contributed by atoms with Gasteiger partial charge >= 0.3 is 5.97 Å². The van der Waals surface area contributed by atoms with Crippen molar-refractivity contribution in [2.24, 2.45) is 0 Å². The number of nitro groups is 3. The second-order valence-corrected chi connectivity index (χ2v) is 5.40. The largest absolute Gasteiger partial charge is 0.443 e. The molecule has 1 unspecified atom stereocenters. The molecule has 0 aliphatic heterocycles. The molecule has 0 fully saturated rings. The number of nitrogens with zero attached hydrogens (tertiary/aromatic N) is 3. The highest BCUT2D eigenvalue weighted by molar-refractivity contribution is 5.91. The Morgan fingerprint density at radius 1 is 0.963 bits per heavy atom. The van der Waals surface area contributed by atoms with Crippen molar-refractivity contribution in [3.8, 4) is 23.5 Å². The molecule has 0 bridgehead atoms. The van der Waals surface area contributed by atoms with E-state index in [1.807, 2.05) is 0 Å². The first-order valence-corrected chi connectivity index (χ1v) is 7.17. The average Bonchev–Trinajstić information content (AvgIpc) is 2.93. The number of carbonyl (C=O) groups is 1. The number of rotatable bonds is 4. The van der Waals surface area contributed by atoms with Crippen molar-refractivity contribution < 1.29 is 24.3 Å². The number of carbonyl (C=O) groups excluding carboxylic acids is 1. The van der Waals surface area contributed by atoms with Gasteiger partial charge in [0.25, 0.3) is 17.1 Å². The molecule has 0 radical (unpaired) electrons. The molecule has 0 amide bonds. The Kier molecular flexibility index (Phi) is 4.01. The van der Waals surface area contributed by atoms with Crippen LogP contribution in [0, 0.1) is 42.7 Å². The van der Waals surface area contributed by atoms with Crippen LogP contribution < -0.4 is 0 Å². The van der Waals surface area contributed by atoms with Crippen molar-refractivity contribution in [2.45, 2.75) is 6.10 Å². The molecular weight excluding hydrogens is 362 g/mol. The fourth-order valence-corrected chi connectivity index (χ4v) is 2.93. The minimum atomic E-state index is -1.35. The summed E-state index contributed by atoms with van der Waals surface area (Å²) < 4.78 is 5.07. The predicted octanol–water partition coefficient (Wildman–Crippen LogP) is 2.66. The van der Waals surface area contributed by atoms with Crippen molar-refractivity contribution in [3.63, 3.8) is 0 Å². The topological polar surface area (TPSA) is 156 Å². The van der Waals surface area contributed by atoms with E-state index < -0.39 is 38.2 Å². The monoisotopic (exact) mass is 369 g/mol. The second-order valence-electron chi connectivity index (χ2n) is 5.40. The molecule has 11 nitrogen and oxygen atoms in total. The molecule has 11 heteroatoms. The van der Waals surface area contributed by atoms with E-state index >= 15 is 0 Å². The summed E-state index contributed by atoms with van der Waals surface area (Å²) in [6, 6.07) is 5.26. The van der Waals surface area contributed by atoms with Crippen LogP contribution in [0.1, 0.15) is 17.2 Å². The van der Waals surface area contributed by atoms with Gasteiger partial charge in [0.05, 0.1) is 26.4 Å². The van der Waals surface area contributed by atoms with Crippen LogP contribution in [0.25, 0.3) is 11.1 Å². The molecule has 27 heavy (non-hydrogen) atoms. The molecular formula is C16H7N3O8. The van der Waals surface area contributed by atoms with Crippen LogP contribution in [0.4, 0.5) is 17.1 Å². The van der Waals surface area contributed by atoms with Crippen LogP contribution >= 0.6 is 0 Å². The summed E-state index contributed by atoms with van der Waals surface area (Å²) in [5.41, 5.74) is -1.34. The highest BCUT2D eigenvalue weighted by Gasteiger charge is 2.39. The Hall–Kier alpha value is -4.33. The molecule has 3 rings (SSSR count). The van der Waals surface area contributed by atoms with Gasteiger partial charge in [0.1, 0.15) is 0 Å². The lowest BCUT2D eigenvalue weighted by Crippen LogP contribution is -2.09. The number of non-ortho nitro benzene ring substituents is 2. The first kappa shape index (κ1) is 17.5. The molecule has 0 aromatic heterocycles. The molecule has 0 spiro atoms. The number of terminal acetylenes is 1. The van der Waals surface area contributed by atoms with Gasteiger partial charge in [0.2, 0.25) is 0 Å². The van der Waals surface area contributed by atoms with Gasteiger partial charge in [0.15, 0.2) is 6.10 Å². The van der Waals surface area contributed by atoms with E-state index in [1.165, 1.54) is 6.07 Å². The summed E-state index contributed by atoms with van der Waals surface area (Å²) in [6.45, 7) is 0. The van der Waals surface area contributed by atoms with Gasteiger partial charge in [0, 0.05) is 35.2 Å². The zero-order valence-corrected chi connectivity index (χ0v) is 13.1. The maximum absolute atomic E-state index is 11.6. The van der Waals surface area contributed by atoms with Gasteiger partial charge in [-0.3, -0.25) is 30.3 Å². The van der Waals surface area contributed by atoms with Gasteiger partial charge in [-0.1, -0.05) is 0 Å². The van der Waals surface area contributed by atoms with E-state index in [-0.39, 0.29) is 27.9 Å². The molecule has 0 saturated heterocycles. The third-order valence-corrected chi connectivity index (χ3v) is 3.96. The Balaban J connectivity index is 2.35. The van der Waals surface area contributed by atoms with Gasteiger partial charge < -0.3 is 4.74 Å². The third kappa shape index (κ3) is 2.81. The lowest BCUT2D eigenvalue weighted by Gasteiger charge is -2.12. The molecule has 2 aromatic carbocycles. The molecule has 1 aliphatic carbocycles. The van der Waals surface area contributed by atoms with Gasteiger partial charge in [-0.15, -0.1) is 6.42 Å². The molecule has 134 valence electrons. The second kappa shape index (κ2) is 6.19. The van der Waals surface area contributed by atoms with Crippen LogP contribution in [-0.2, 0) is 9.53 Å². The van der Waals surface area contributed by atoms with E-state index in [9.17, 15) is 35.1 Å². The fraction of sp³-hybridized carbons (Fsp3) is 0.0625. The normalized spacial score (nSPS) is 13.8. The van der Waals surface area contributed by atoms with Crippen LogP contribution in [0.2, 0.25) is 0 Å². The highest BCUT2D eigenvalue weighted by atomic mass is 16.6. The van der Waals surface area contributed by atoms with Crippen molar-refractivity contribution >= 4 is 23.0 Å².